The Hall–Kier alpha value is -0.310. The van der Waals surface area contributed by atoms with Crippen LogP contribution in [0.5, 0.6) is 0 Å². The van der Waals surface area contributed by atoms with Gasteiger partial charge in [0, 0.05) is 0 Å². The Kier molecular flexibility index (Phi) is 2.46. The number of nitrogen functional groups attached to an aromatic ring is 1. The van der Waals surface area contributed by atoms with Crippen molar-refractivity contribution in [3.8, 4) is 0 Å². The van der Waals surface area contributed by atoms with E-state index < -0.39 is 9.84 Å². The van der Waals surface area contributed by atoms with Crippen molar-refractivity contribution >= 4 is 38.2 Å². The molecule has 1 aromatic heterocycles. The van der Waals surface area contributed by atoms with E-state index in [-0.39, 0.29) is 17.5 Å². The molecule has 7 heteroatoms. The first-order chi connectivity index (χ1) is 6.49. The van der Waals surface area contributed by atoms with Crippen LogP contribution in [0.1, 0.15) is 12.5 Å². The number of aromatic nitrogens is 2. The summed E-state index contributed by atoms with van der Waals surface area (Å²) in [5, 5.41) is 4.08. The molecule has 2 rings (SSSR count). The molecule has 0 amide bonds. The third kappa shape index (κ3) is 1.74. The quantitative estimate of drug-likeness (QED) is 0.759. The van der Waals surface area contributed by atoms with E-state index in [1.54, 1.807) is 10.9 Å². The first-order valence-corrected chi connectivity index (χ1v) is 7.08. The molecule has 0 radical (unpaired) electrons. The lowest BCUT2D eigenvalue weighted by molar-refractivity contribution is 0.507. The second-order valence-electron chi connectivity index (χ2n) is 3.38. The zero-order valence-electron chi connectivity index (χ0n) is 7.35. The molecule has 0 bridgehead atoms. The van der Waals surface area contributed by atoms with E-state index in [9.17, 15) is 8.42 Å². The molecule has 0 aliphatic carbocycles. The lowest BCUT2D eigenvalue weighted by Gasteiger charge is -2.09. The lowest BCUT2D eigenvalue weighted by atomic mass is 10.3. The number of halogens is 1. The highest BCUT2D eigenvalue weighted by Gasteiger charge is 2.30. The van der Waals surface area contributed by atoms with Gasteiger partial charge in [-0.25, -0.2) is 13.1 Å². The summed E-state index contributed by atoms with van der Waals surface area (Å²) >= 11 is 2.08. The summed E-state index contributed by atoms with van der Waals surface area (Å²) in [4.78, 5) is 0. The molecule has 1 saturated heterocycles. The van der Waals surface area contributed by atoms with Gasteiger partial charge in [-0.3, -0.25) is 0 Å². The number of sulfone groups is 1. The van der Waals surface area contributed by atoms with Gasteiger partial charge in [-0.1, -0.05) is 0 Å². The summed E-state index contributed by atoms with van der Waals surface area (Å²) in [5.41, 5.74) is 5.77. The molecule has 1 aliphatic rings. The molecule has 1 atom stereocenters. The topological polar surface area (TPSA) is 78.0 Å². The molecule has 1 aromatic rings. The maximum absolute atomic E-state index is 11.2. The molecule has 1 fully saturated rings. The first-order valence-electron chi connectivity index (χ1n) is 4.18. The minimum absolute atomic E-state index is 0.0801. The second kappa shape index (κ2) is 3.37. The fourth-order valence-electron chi connectivity index (χ4n) is 1.61. The number of nitrogens with two attached hydrogens (primary N) is 1. The van der Waals surface area contributed by atoms with Gasteiger partial charge in [0.1, 0.15) is 5.82 Å². The molecule has 5 nitrogen and oxygen atoms in total. The molecule has 78 valence electrons. The highest BCUT2D eigenvalue weighted by molar-refractivity contribution is 14.1. The molecule has 2 heterocycles. The predicted octanol–water partition coefficient (Wildman–Crippen LogP) is 0.429. The normalized spacial score (nSPS) is 25.4. The monoisotopic (exact) mass is 327 g/mol. The molecule has 14 heavy (non-hydrogen) atoms. The van der Waals surface area contributed by atoms with Crippen LogP contribution in [0.25, 0.3) is 0 Å². The first kappa shape index (κ1) is 10.2. The van der Waals surface area contributed by atoms with E-state index in [0.717, 1.165) is 3.57 Å². The Labute approximate surface area is 95.7 Å². The fraction of sp³-hybridized carbons (Fsp3) is 0.571. The Morgan fingerprint density at radius 3 is 2.79 bits per heavy atom. The van der Waals surface area contributed by atoms with Crippen LogP contribution in [0.4, 0.5) is 5.82 Å². The number of nitrogens with zero attached hydrogens (tertiary/aromatic N) is 2. The predicted molar refractivity (Wildman–Crippen MR) is 61.7 cm³/mol. The van der Waals surface area contributed by atoms with Crippen LogP contribution in [-0.4, -0.2) is 29.7 Å². The molecule has 1 aliphatic heterocycles. The van der Waals surface area contributed by atoms with Crippen LogP contribution in [-0.2, 0) is 9.84 Å². The van der Waals surface area contributed by atoms with E-state index in [4.69, 9.17) is 5.73 Å². The number of rotatable bonds is 1. The summed E-state index contributed by atoms with van der Waals surface area (Å²) < 4.78 is 25.0. The molecule has 0 saturated carbocycles. The summed E-state index contributed by atoms with van der Waals surface area (Å²) in [5.74, 6) is 0.968. The van der Waals surface area contributed by atoms with E-state index in [2.05, 4.69) is 27.7 Å². The van der Waals surface area contributed by atoms with Crippen molar-refractivity contribution in [3.05, 3.63) is 9.77 Å². The van der Waals surface area contributed by atoms with Gasteiger partial charge in [0.2, 0.25) is 0 Å². The van der Waals surface area contributed by atoms with Crippen LogP contribution in [0, 0.1) is 3.57 Å². The van der Waals surface area contributed by atoms with Gasteiger partial charge in [0.15, 0.2) is 9.84 Å². The molecule has 0 aromatic carbocycles. The van der Waals surface area contributed by atoms with Gasteiger partial charge in [-0.15, -0.1) is 0 Å². The van der Waals surface area contributed by atoms with Crippen molar-refractivity contribution in [2.45, 2.75) is 12.5 Å². The van der Waals surface area contributed by atoms with E-state index in [1.807, 2.05) is 0 Å². The van der Waals surface area contributed by atoms with Crippen molar-refractivity contribution in [2.75, 3.05) is 17.2 Å². The van der Waals surface area contributed by atoms with Gasteiger partial charge in [-0.2, -0.15) is 5.10 Å². The van der Waals surface area contributed by atoms with Crippen molar-refractivity contribution in [3.63, 3.8) is 0 Å². The second-order valence-corrected chi connectivity index (χ2v) is 6.77. The van der Waals surface area contributed by atoms with Gasteiger partial charge in [-0.05, 0) is 29.0 Å². The average molecular weight is 327 g/mol. The summed E-state index contributed by atoms with van der Waals surface area (Å²) in [6.07, 6.45) is 2.27. The zero-order chi connectivity index (χ0) is 10.3. The highest BCUT2D eigenvalue weighted by Crippen LogP contribution is 2.27. The van der Waals surface area contributed by atoms with Crippen LogP contribution in [0.15, 0.2) is 6.20 Å². The number of hydrogen-bond acceptors (Lipinski definition) is 4. The smallest absolute Gasteiger partial charge is 0.152 e. The summed E-state index contributed by atoms with van der Waals surface area (Å²) in [7, 11) is -2.87. The Morgan fingerprint density at radius 1 is 1.64 bits per heavy atom. The molecular weight excluding hydrogens is 317 g/mol. The third-order valence-electron chi connectivity index (χ3n) is 2.34. The van der Waals surface area contributed by atoms with E-state index in [1.165, 1.54) is 0 Å². The summed E-state index contributed by atoms with van der Waals surface area (Å²) in [6.45, 7) is 0. The largest absolute Gasteiger partial charge is 0.383 e. The third-order valence-corrected chi connectivity index (χ3v) is 4.92. The zero-order valence-corrected chi connectivity index (χ0v) is 10.3. The molecule has 2 N–H and O–H groups in total. The van der Waals surface area contributed by atoms with Crippen LogP contribution >= 0.6 is 22.6 Å². The van der Waals surface area contributed by atoms with Crippen molar-refractivity contribution < 1.29 is 8.42 Å². The van der Waals surface area contributed by atoms with Crippen LogP contribution in [0.3, 0.4) is 0 Å². The van der Waals surface area contributed by atoms with Gasteiger partial charge >= 0.3 is 0 Å². The lowest BCUT2D eigenvalue weighted by Crippen LogP contribution is -2.14. The van der Waals surface area contributed by atoms with Crippen molar-refractivity contribution in [1.29, 1.82) is 0 Å². The van der Waals surface area contributed by atoms with E-state index in [0.29, 0.717) is 12.2 Å². The highest BCUT2D eigenvalue weighted by atomic mass is 127. The molecule has 1 unspecified atom stereocenters. The SMILES string of the molecule is Nc1c(I)cnn1C1CCS(=O)(=O)C1. The van der Waals surface area contributed by atoms with Crippen LogP contribution < -0.4 is 5.73 Å². The molecular formula is C7H10IN3O2S. The van der Waals surface area contributed by atoms with E-state index >= 15 is 0 Å². The van der Waals surface area contributed by atoms with Crippen LogP contribution in [0.2, 0.25) is 0 Å². The van der Waals surface area contributed by atoms with Gasteiger partial charge in [0.05, 0.1) is 27.3 Å². The fourth-order valence-corrected chi connectivity index (χ4v) is 3.67. The standard InChI is InChI=1S/C7H10IN3O2S/c8-6-3-10-11(7(6)9)5-1-2-14(12,13)4-5/h3,5H,1-2,4,9H2. The Balaban J connectivity index is 2.30. The van der Waals surface area contributed by atoms with Gasteiger partial charge in [0.25, 0.3) is 0 Å². The maximum Gasteiger partial charge on any atom is 0.152 e. The maximum atomic E-state index is 11.2. The Morgan fingerprint density at radius 2 is 2.36 bits per heavy atom. The number of hydrogen-bond donors (Lipinski definition) is 1. The minimum Gasteiger partial charge on any atom is -0.383 e. The average Bonchev–Trinajstić information content (AvgIpc) is 2.59. The summed E-state index contributed by atoms with van der Waals surface area (Å²) in [6, 6.07) is -0.0801. The van der Waals surface area contributed by atoms with Crippen molar-refractivity contribution in [2.24, 2.45) is 0 Å². The van der Waals surface area contributed by atoms with Gasteiger partial charge < -0.3 is 5.73 Å². The van der Waals surface area contributed by atoms with Crippen molar-refractivity contribution in [1.82, 2.24) is 9.78 Å². The molecule has 0 spiro atoms. The minimum atomic E-state index is -2.87. The number of anilines is 1. The Bertz CT molecular complexity index is 454.